The third-order valence-electron chi connectivity index (χ3n) is 4.20. The number of carbonyl (C=O) groups is 2. The van der Waals surface area contributed by atoms with Crippen LogP contribution in [0.25, 0.3) is 0 Å². The van der Waals surface area contributed by atoms with Gasteiger partial charge >= 0.3 is 0 Å². The molecule has 1 aromatic rings. The van der Waals surface area contributed by atoms with Gasteiger partial charge in [-0.2, -0.15) is 0 Å². The Labute approximate surface area is 150 Å². The number of rotatable bonds is 8. The summed E-state index contributed by atoms with van der Waals surface area (Å²) in [6, 6.07) is 9.25. The van der Waals surface area contributed by atoms with Crippen LogP contribution in [0.2, 0.25) is 0 Å². The average Bonchev–Trinajstić information content (AvgIpc) is 2.57. The lowest BCUT2D eigenvalue weighted by molar-refractivity contribution is -0.128. The second-order valence-electron chi connectivity index (χ2n) is 6.04. The van der Waals surface area contributed by atoms with Crippen LogP contribution < -0.4 is 16.0 Å². The van der Waals surface area contributed by atoms with E-state index < -0.39 is 0 Å². The predicted octanol–water partition coefficient (Wildman–Crippen LogP) is 2.63. The molecule has 3 N–H and O–H groups in total. The number of nitrogens with two attached hydrogens (primary N) is 1. The fourth-order valence-electron chi connectivity index (χ4n) is 2.92. The number of amides is 2. The zero-order valence-corrected chi connectivity index (χ0v) is 14.9. The lowest BCUT2D eigenvalue weighted by Gasteiger charge is -2.32. The summed E-state index contributed by atoms with van der Waals surface area (Å²) in [6.07, 6.45) is 6.06. The van der Waals surface area contributed by atoms with E-state index in [4.69, 9.17) is 5.73 Å². The molecule has 24 heavy (non-hydrogen) atoms. The van der Waals surface area contributed by atoms with Gasteiger partial charge in [0.15, 0.2) is 0 Å². The lowest BCUT2D eigenvalue weighted by atomic mass is 10.0. The second-order valence-corrected chi connectivity index (χ2v) is 6.04. The van der Waals surface area contributed by atoms with Crippen molar-refractivity contribution in [1.82, 2.24) is 5.32 Å². The fraction of sp³-hybridized carbons (Fsp3) is 0.556. The highest BCUT2D eigenvalue weighted by molar-refractivity contribution is 5.99. The zero-order valence-electron chi connectivity index (χ0n) is 14.1. The van der Waals surface area contributed by atoms with Crippen LogP contribution in [-0.2, 0) is 9.59 Å². The Morgan fingerprint density at radius 2 is 1.88 bits per heavy atom. The number of nitrogens with zero attached hydrogens (tertiary/aromatic N) is 1. The molecule has 1 heterocycles. The summed E-state index contributed by atoms with van der Waals surface area (Å²) in [5.41, 5.74) is 6.35. The molecule has 1 aliphatic rings. The number of piperidine rings is 1. The van der Waals surface area contributed by atoms with Gasteiger partial charge in [0.1, 0.15) is 6.04 Å². The van der Waals surface area contributed by atoms with Crippen molar-refractivity contribution >= 4 is 29.9 Å². The smallest absolute Gasteiger partial charge is 0.249 e. The number of halogens is 1. The molecule has 6 heteroatoms. The number of anilines is 1. The quantitative estimate of drug-likeness (QED) is 0.705. The Hall–Kier alpha value is -1.59. The first-order valence-corrected chi connectivity index (χ1v) is 8.58. The lowest BCUT2D eigenvalue weighted by Crippen LogP contribution is -2.52. The monoisotopic (exact) mass is 353 g/mol. The van der Waals surface area contributed by atoms with Gasteiger partial charge in [-0.05, 0) is 44.4 Å². The van der Waals surface area contributed by atoms with Crippen LogP contribution in [-0.4, -0.2) is 30.9 Å². The summed E-state index contributed by atoms with van der Waals surface area (Å²) >= 11 is 0. The summed E-state index contributed by atoms with van der Waals surface area (Å²) in [5.74, 6) is -0.0232. The molecular formula is C18H28ClN3O2. The Bertz CT molecular complexity index is 510. The summed E-state index contributed by atoms with van der Waals surface area (Å²) < 4.78 is 0. The van der Waals surface area contributed by atoms with Crippen LogP contribution in [0, 0.1) is 0 Å². The van der Waals surface area contributed by atoms with E-state index in [2.05, 4.69) is 5.32 Å². The van der Waals surface area contributed by atoms with Crippen LogP contribution in [0.1, 0.15) is 44.9 Å². The Morgan fingerprint density at radius 1 is 1.17 bits per heavy atom. The number of benzene rings is 1. The summed E-state index contributed by atoms with van der Waals surface area (Å²) in [7, 11) is 0. The zero-order chi connectivity index (χ0) is 16.5. The number of hydrogen-bond donors (Lipinski definition) is 2. The molecule has 2 rings (SSSR count). The van der Waals surface area contributed by atoms with Gasteiger partial charge in [0.05, 0.1) is 0 Å². The largest absolute Gasteiger partial charge is 0.344 e. The van der Waals surface area contributed by atoms with Gasteiger partial charge in [0.25, 0.3) is 0 Å². The van der Waals surface area contributed by atoms with E-state index >= 15 is 0 Å². The normalized spacial score (nSPS) is 17.3. The number of para-hydroxylation sites is 1. The molecule has 1 fully saturated rings. The summed E-state index contributed by atoms with van der Waals surface area (Å²) in [5, 5.41) is 2.90. The van der Waals surface area contributed by atoms with E-state index in [-0.39, 0.29) is 30.3 Å². The molecule has 0 radical (unpaired) electrons. The Kier molecular flexibility index (Phi) is 9.42. The van der Waals surface area contributed by atoms with Crippen molar-refractivity contribution in [2.24, 2.45) is 5.73 Å². The molecule has 1 saturated heterocycles. The molecule has 1 aromatic carbocycles. The molecule has 1 atom stereocenters. The standard InChI is InChI=1S/C18H27N3O2.ClH/c19-13-7-2-1-6-12-17(22)20-16-11-8-14-21(18(16)23)15-9-4-3-5-10-15;/h3-5,9-10,16H,1-2,6-8,11-14,19H2,(H,20,22);1H. The van der Waals surface area contributed by atoms with Gasteiger partial charge in [-0.15, -0.1) is 12.4 Å². The fourth-order valence-corrected chi connectivity index (χ4v) is 2.92. The SMILES string of the molecule is Cl.NCCCCCCC(=O)NC1CCCN(c2ccccc2)C1=O. The van der Waals surface area contributed by atoms with Crippen LogP contribution in [0.3, 0.4) is 0 Å². The van der Waals surface area contributed by atoms with Crippen LogP contribution in [0.15, 0.2) is 30.3 Å². The van der Waals surface area contributed by atoms with E-state index in [1.807, 2.05) is 30.3 Å². The van der Waals surface area contributed by atoms with Crippen LogP contribution in [0.5, 0.6) is 0 Å². The van der Waals surface area contributed by atoms with E-state index in [9.17, 15) is 9.59 Å². The molecule has 0 spiro atoms. The molecule has 2 amide bonds. The molecule has 1 aliphatic heterocycles. The molecular weight excluding hydrogens is 326 g/mol. The maximum absolute atomic E-state index is 12.6. The van der Waals surface area contributed by atoms with Gasteiger partial charge < -0.3 is 16.0 Å². The second kappa shape index (κ2) is 11.0. The minimum absolute atomic E-state index is 0. The molecule has 0 saturated carbocycles. The molecule has 1 unspecified atom stereocenters. The van der Waals surface area contributed by atoms with Gasteiger partial charge in [-0.25, -0.2) is 0 Å². The van der Waals surface area contributed by atoms with Crippen molar-refractivity contribution < 1.29 is 9.59 Å². The van der Waals surface area contributed by atoms with Crippen LogP contribution >= 0.6 is 12.4 Å². The maximum atomic E-state index is 12.6. The summed E-state index contributed by atoms with van der Waals surface area (Å²) in [4.78, 5) is 26.4. The highest BCUT2D eigenvalue weighted by Gasteiger charge is 2.30. The molecule has 0 bridgehead atoms. The minimum Gasteiger partial charge on any atom is -0.344 e. The third kappa shape index (κ3) is 6.13. The summed E-state index contributed by atoms with van der Waals surface area (Å²) in [6.45, 7) is 1.42. The van der Waals surface area contributed by atoms with E-state index in [0.29, 0.717) is 19.5 Å². The van der Waals surface area contributed by atoms with Crippen molar-refractivity contribution in [2.75, 3.05) is 18.0 Å². The first kappa shape index (κ1) is 20.5. The Balaban J connectivity index is 0.00000288. The molecule has 0 aromatic heterocycles. The van der Waals surface area contributed by atoms with E-state index in [0.717, 1.165) is 44.2 Å². The first-order chi connectivity index (χ1) is 11.2. The first-order valence-electron chi connectivity index (χ1n) is 8.58. The molecule has 5 nitrogen and oxygen atoms in total. The average molecular weight is 354 g/mol. The van der Waals surface area contributed by atoms with Crippen molar-refractivity contribution in [1.29, 1.82) is 0 Å². The topological polar surface area (TPSA) is 75.4 Å². The highest BCUT2D eigenvalue weighted by atomic mass is 35.5. The van der Waals surface area contributed by atoms with Crippen molar-refractivity contribution in [3.05, 3.63) is 30.3 Å². The van der Waals surface area contributed by atoms with E-state index in [1.54, 1.807) is 4.90 Å². The van der Waals surface area contributed by atoms with E-state index in [1.165, 1.54) is 0 Å². The number of hydrogen-bond acceptors (Lipinski definition) is 3. The van der Waals surface area contributed by atoms with Crippen molar-refractivity contribution in [3.63, 3.8) is 0 Å². The van der Waals surface area contributed by atoms with Gasteiger partial charge in [-0.1, -0.05) is 31.0 Å². The van der Waals surface area contributed by atoms with Gasteiger partial charge in [-0.3, -0.25) is 9.59 Å². The third-order valence-corrected chi connectivity index (χ3v) is 4.20. The predicted molar refractivity (Wildman–Crippen MR) is 99.3 cm³/mol. The minimum atomic E-state index is -0.388. The molecule has 134 valence electrons. The van der Waals surface area contributed by atoms with Crippen molar-refractivity contribution in [3.8, 4) is 0 Å². The number of carbonyl (C=O) groups excluding carboxylic acids is 2. The number of unbranched alkanes of at least 4 members (excludes halogenated alkanes) is 3. The highest BCUT2D eigenvalue weighted by Crippen LogP contribution is 2.20. The van der Waals surface area contributed by atoms with Crippen molar-refractivity contribution in [2.45, 2.75) is 51.0 Å². The van der Waals surface area contributed by atoms with Gasteiger partial charge in [0.2, 0.25) is 11.8 Å². The maximum Gasteiger partial charge on any atom is 0.249 e. The Morgan fingerprint density at radius 3 is 2.58 bits per heavy atom. The van der Waals surface area contributed by atoms with Gasteiger partial charge in [0, 0.05) is 18.7 Å². The van der Waals surface area contributed by atoms with Crippen LogP contribution in [0.4, 0.5) is 5.69 Å². The molecule has 0 aliphatic carbocycles. The number of nitrogens with one attached hydrogen (secondary N) is 1.